The molecule has 0 aliphatic heterocycles. The average Bonchev–Trinajstić information content (AvgIpc) is 2.45. The zero-order valence-corrected chi connectivity index (χ0v) is 12.9. The lowest BCUT2D eigenvalue weighted by Gasteiger charge is -2.06. The van der Waals surface area contributed by atoms with Gasteiger partial charge >= 0.3 is 11.7 Å². The highest BCUT2D eigenvalue weighted by Crippen LogP contribution is 2.28. The maximum atomic E-state index is 12.0. The van der Waals surface area contributed by atoms with E-state index in [4.69, 9.17) is 16.3 Å². The number of carbonyl (C=O) groups is 1. The summed E-state index contributed by atoms with van der Waals surface area (Å²) in [7, 11) is 0. The van der Waals surface area contributed by atoms with Crippen molar-refractivity contribution in [3.05, 3.63) is 73.2 Å². The van der Waals surface area contributed by atoms with Gasteiger partial charge in [0.15, 0.2) is 0 Å². The van der Waals surface area contributed by atoms with Crippen LogP contribution in [-0.4, -0.2) is 10.9 Å². The minimum atomic E-state index is -0.785. The standard InChI is InChI=1S/C14H9BrClNO4/c15-10-6-4-9(5-7-10)8-21-14(18)11-2-1-3-12(16)13(11)17(19)20/h1-7H,8H2. The second-order valence-corrected chi connectivity index (χ2v) is 5.42. The Morgan fingerprint density at radius 2 is 1.90 bits per heavy atom. The Labute approximate surface area is 133 Å². The number of hydrogen-bond donors (Lipinski definition) is 0. The van der Waals surface area contributed by atoms with Crippen molar-refractivity contribution in [1.29, 1.82) is 0 Å². The number of nitro groups is 1. The van der Waals surface area contributed by atoms with Crippen LogP contribution in [0.5, 0.6) is 0 Å². The minimum Gasteiger partial charge on any atom is -0.457 e. The number of halogens is 2. The molecule has 0 spiro atoms. The van der Waals surface area contributed by atoms with Crippen molar-refractivity contribution in [2.75, 3.05) is 0 Å². The van der Waals surface area contributed by atoms with E-state index in [9.17, 15) is 14.9 Å². The van der Waals surface area contributed by atoms with Crippen molar-refractivity contribution < 1.29 is 14.5 Å². The lowest BCUT2D eigenvalue weighted by atomic mass is 10.2. The maximum Gasteiger partial charge on any atom is 0.345 e. The Bertz CT molecular complexity index is 688. The summed E-state index contributed by atoms with van der Waals surface area (Å²) in [5.41, 5.74) is 0.167. The van der Waals surface area contributed by atoms with Crippen molar-refractivity contribution in [2.24, 2.45) is 0 Å². The van der Waals surface area contributed by atoms with Crippen LogP contribution >= 0.6 is 27.5 Å². The molecule has 2 aromatic carbocycles. The monoisotopic (exact) mass is 369 g/mol. The van der Waals surface area contributed by atoms with Gasteiger partial charge < -0.3 is 4.74 Å². The second-order valence-electron chi connectivity index (χ2n) is 4.10. The number of rotatable bonds is 4. The number of ether oxygens (including phenoxy) is 1. The van der Waals surface area contributed by atoms with E-state index in [2.05, 4.69) is 15.9 Å². The van der Waals surface area contributed by atoms with Crippen LogP contribution in [0.15, 0.2) is 46.9 Å². The highest BCUT2D eigenvalue weighted by Gasteiger charge is 2.24. The van der Waals surface area contributed by atoms with Crippen LogP contribution in [0.4, 0.5) is 5.69 Å². The van der Waals surface area contributed by atoms with E-state index in [1.54, 1.807) is 12.1 Å². The summed E-state index contributed by atoms with van der Waals surface area (Å²) in [4.78, 5) is 22.2. The van der Waals surface area contributed by atoms with E-state index in [0.717, 1.165) is 10.0 Å². The van der Waals surface area contributed by atoms with Gasteiger partial charge in [-0.2, -0.15) is 0 Å². The molecule has 0 aliphatic rings. The van der Waals surface area contributed by atoms with E-state index in [-0.39, 0.29) is 17.2 Å². The molecule has 0 N–H and O–H groups in total. The van der Waals surface area contributed by atoms with Crippen LogP contribution in [0.25, 0.3) is 0 Å². The molecule has 0 atom stereocenters. The molecule has 2 rings (SSSR count). The Kier molecular flexibility index (Phi) is 4.93. The van der Waals surface area contributed by atoms with Gasteiger partial charge in [-0.05, 0) is 29.8 Å². The predicted octanol–water partition coefficient (Wildman–Crippen LogP) is 4.37. The average molecular weight is 371 g/mol. The molecule has 0 unspecified atom stereocenters. The first-order valence-corrected chi connectivity index (χ1v) is 7.00. The molecule has 0 radical (unpaired) electrons. The molecule has 5 nitrogen and oxygen atoms in total. The molecule has 108 valence electrons. The third-order valence-electron chi connectivity index (χ3n) is 2.67. The topological polar surface area (TPSA) is 69.4 Å². The Balaban J connectivity index is 2.16. The molecule has 0 fully saturated rings. The molecular formula is C14H9BrClNO4. The van der Waals surface area contributed by atoms with E-state index >= 15 is 0 Å². The van der Waals surface area contributed by atoms with Crippen LogP contribution in [-0.2, 0) is 11.3 Å². The van der Waals surface area contributed by atoms with Gasteiger partial charge in [-0.3, -0.25) is 10.1 Å². The first-order valence-electron chi connectivity index (χ1n) is 5.83. The number of nitrogens with zero attached hydrogens (tertiary/aromatic N) is 1. The summed E-state index contributed by atoms with van der Waals surface area (Å²) in [5, 5.41) is 10.9. The number of benzene rings is 2. The van der Waals surface area contributed by atoms with Gasteiger partial charge in [0.25, 0.3) is 0 Å². The van der Waals surface area contributed by atoms with Gasteiger partial charge in [0, 0.05) is 4.47 Å². The SMILES string of the molecule is O=C(OCc1ccc(Br)cc1)c1cccc(Cl)c1[N+](=O)[O-]. The molecule has 0 saturated heterocycles. The smallest absolute Gasteiger partial charge is 0.345 e. The van der Waals surface area contributed by atoms with Gasteiger partial charge in [-0.25, -0.2) is 4.79 Å². The third-order valence-corrected chi connectivity index (χ3v) is 3.51. The van der Waals surface area contributed by atoms with E-state index in [1.807, 2.05) is 12.1 Å². The van der Waals surface area contributed by atoms with Crippen LogP contribution < -0.4 is 0 Å². The van der Waals surface area contributed by atoms with E-state index in [0.29, 0.717) is 0 Å². The quantitative estimate of drug-likeness (QED) is 0.455. The third kappa shape index (κ3) is 3.80. The first-order chi connectivity index (χ1) is 9.99. The summed E-state index contributed by atoms with van der Waals surface area (Å²) in [6, 6.07) is 11.3. The highest BCUT2D eigenvalue weighted by molar-refractivity contribution is 9.10. The van der Waals surface area contributed by atoms with Crippen LogP contribution in [0, 0.1) is 10.1 Å². The lowest BCUT2D eigenvalue weighted by molar-refractivity contribution is -0.385. The molecule has 0 saturated carbocycles. The van der Waals surface area contributed by atoms with Gasteiger partial charge in [0.2, 0.25) is 0 Å². The van der Waals surface area contributed by atoms with Gasteiger partial charge in [0.05, 0.1) is 4.92 Å². The Morgan fingerprint density at radius 3 is 2.52 bits per heavy atom. The Morgan fingerprint density at radius 1 is 1.24 bits per heavy atom. The van der Waals surface area contributed by atoms with Crippen LogP contribution in [0.3, 0.4) is 0 Å². The predicted molar refractivity (Wildman–Crippen MR) is 81.4 cm³/mol. The van der Waals surface area contributed by atoms with Gasteiger partial charge in [-0.15, -0.1) is 0 Å². The molecule has 7 heteroatoms. The molecule has 0 heterocycles. The largest absolute Gasteiger partial charge is 0.457 e. The second kappa shape index (κ2) is 6.69. The number of esters is 1. The van der Waals surface area contributed by atoms with Crippen molar-refractivity contribution in [1.82, 2.24) is 0 Å². The van der Waals surface area contributed by atoms with E-state index in [1.165, 1.54) is 18.2 Å². The molecule has 2 aromatic rings. The number of nitro benzene ring substituents is 1. The molecule has 21 heavy (non-hydrogen) atoms. The van der Waals surface area contributed by atoms with Crippen LogP contribution in [0.1, 0.15) is 15.9 Å². The molecule has 0 amide bonds. The summed E-state index contributed by atoms with van der Waals surface area (Å²) < 4.78 is 5.99. The molecule has 0 aliphatic carbocycles. The molecule has 0 bridgehead atoms. The molecule has 0 aromatic heterocycles. The van der Waals surface area contributed by atoms with Gasteiger partial charge in [0.1, 0.15) is 17.2 Å². The summed E-state index contributed by atoms with van der Waals surface area (Å²) in [5.74, 6) is -0.785. The summed E-state index contributed by atoms with van der Waals surface area (Å²) >= 11 is 9.05. The zero-order chi connectivity index (χ0) is 15.4. The fourth-order valence-corrected chi connectivity index (χ4v) is 2.18. The fraction of sp³-hybridized carbons (Fsp3) is 0.0714. The normalized spacial score (nSPS) is 10.2. The van der Waals surface area contributed by atoms with Crippen molar-refractivity contribution in [2.45, 2.75) is 6.61 Å². The van der Waals surface area contributed by atoms with E-state index < -0.39 is 16.6 Å². The number of para-hydroxylation sites is 1. The van der Waals surface area contributed by atoms with Crippen molar-refractivity contribution in [3.8, 4) is 0 Å². The maximum absolute atomic E-state index is 12.0. The number of carbonyl (C=O) groups excluding carboxylic acids is 1. The van der Waals surface area contributed by atoms with Gasteiger partial charge in [-0.1, -0.05) is 45.7 Å². The highest BCUT2D eigenvalue weighted by atomic mass is 79.9. The number of hydrogen-bond acceptors (Lipinski definition) is 4. The zero-order valence-electron chi connectivity index (χ0n) is 10.6. The first kappa shape index (κ1) is 15.5. The molecular weight excluding hydrogens is 362 g/mol. The van der Waals surface area contributed by atoms with Crippen molar-refractivity contribution in [3.63, 3.8) is 0 Å². The summed E-state index contributed by atoms with van der Waals surface area (Å²) in [6.45, 7) is 0.0236. The van der Waals surface area contributed by atoms with Crippen LogP contribution in [0.2, 0.25) is 5.02 Å². The Hall–Kier alpha value is -1.92. The van der Waals surface area contributed by atoms with Crippen molar-refractivity contribution >= 4 is 39.2 Å². The fourth-order valence-electron chi connectivity index (χ4n) is 1.67. The lowest BCUT2D eigenvalue weighted by Crippen LogP contribution is -2.08. The minimum absolute atomic E-state index is 0.0236. The summed E-state index contributed by atoms with van der Waals surface area (Å²) in [6.07, 6.45) is 0.